The second-order valence-electron chi connectivity index (χ2n) is 6.06. The predicted octanol–water partition coefficient (Wildman–Crippen LogP) is 2.81. The number of aliphatic carboxylic acids is 1. The molecule has 3 atom stereocenters. The molecule has 3 heteroatoms. The number of carboxylic acids is 1. The van der Waals surface area contributed by atoms with E-state index in [2.05, 4.69) is 17.4 Å². The summed E-state index contributed by atoms with van der Waals surface area (Å²) in [5.74, 6) is 0.686. The van der Waals surface area contributed by atoms with Crippen LogP contribution in [0.1, 0.15) is 37.7 Å². The highest BCUT2D eigenvalue weighted by Crippen LogP contribution is 2.56. The zero-order chi connectivity index (χ0) is 13.3. The number of nitrogens with one attached hydrogen (secondary N) is 1. The Bertz CT molecular complexity index is 459. The van der Waals surface area contributed by atoms with Gasteiger partial charge in [-0.25, -0.2) is 0 Å². The molecule has 0 radical (unpaired) electrons. The fourth-order valence-corrected chi connectivity index (χ4v) is 3.75. The van der Waals surface area contributed by atoms with Gasteiger partial charge in [0.1, 0.15) is 0 Å². The number of fused-ring (bicyclic) bond motifs is 1. The Morgan fingerprint density at radius 3 is 2.89 bits per heavy atom. The number of rotatable bonds is 5. The first-order valence-electron chi connectivity index (χ1n) is 7.20. The molecule has 0 bridgehead atoms. The second kappa shape index (κ2) is 4.97. The highest BCUT2D eigenvalue weighted by atomic mass is 16.4. The monoisotopic (exact) mass is 259 g/mol. The van der Waals surface area contributed by atoms with E-state index in [0.717, 1.165) is 25.3 Å². The first-order chi connectivity index (χ1) is 9.20. The van der Waals surface area contributed by atoms with E-state index in [0.29, 0.717) is 5.92 Å². The molecule has 0 aliphatic heterocycles. The lowest BCUT2D eigenvalue weighted by Crippen LogP contribution is -2.50. The SMILES string of the molecule is O=C(O)CC1(NCc2ccccc2)CCCC2CC21. The van der Waals surface area contributed by atoms with Gasteiger partial charge in [-0.3, -0.25) is 4.79 Å². The van der Waals surface area contributed by atoms with Crippen molar-refractivity contribution >= 4 is 5.97 Å². The molecule has 2 aliphatic carbocycles. The normalized spacial score (nSPS) is 32.6. The van der Waals surface area contributed by atoms with Gasteiger partial charge in [0.05, 0.1) is 6.42 Å². The van der Waals surface area contributed by atoms with Crippen LogP contribution < -0.4 is 5.32 Å². The first-order valence-corrected chi connectivity index (χ1v) is 7.20. The van der Waals surface area contributed by atoms with Crippen LogP contribution in [0.5, 0.6) is 0 Å². The summed E-state index contributed by atoms with van der Waals surface area (Å²) < 4.78 is 0. The largest absolute Gasteiger partial charge is 0.481 e. The average Bonchev–Trinajstić information content (AvgIpc) is 3.18. The van der Waals surface area contributed by atoms with Gasteiger partial charge in [-0.2, -0.15) is 0 Å². The van der Waals surface area contributed by atoms with E-state index >= 15 is 0 Å². The molecule has 1 aromatic carbocycles. The van der Waals surface area contributed by atoms with Gasteiger partial charge in [0.15, 0.2) is 0 Å². The summed E-state index contributed by atoms with van der Waals surface area (Å²) in [7, 11) is 0. The number of hydrogen-bond acceptors (Lipinski definition) is 2. The van der Waals surface area contributed by atoms with Gasteiger partial charge in [-0.05, 0) is 30.2 Å². The Balaban J connectivity index is 1.71. The molecule has 0 heterocycles. The van der Waals surface area contributed by atoms with Gasteiger partial charge < -0.3 is 10.4 Å². The summed E-state index contributed by atoms with van der Waals surface area (Å²) in [5, 5.41) is 12.8. The van der Waals surface area contributed by atoms with Gasteiger partial charge in [-0.15, -0.1) is 0 Å². The van der Waals surface area contributed by atoms with E-state index in [1.165, 1.54) is 18.4 Å². The minimum atomic E-state index is -0.673. The molecule has 1 aromatic rings. The fraction of sp³-hybridized carbons (Fsp3) is 0.562. The number of benzene rings is 1. The second-order valence-corrected chi connectivity index (χ2v) is 6.06. The Morgan fingerprint density at radius 2 is 2.16 bits per heavy atom. The van der Waals surface area contributed by atoms with Crippen LogP contribution in [0.4, 0.5) is 0 Å². The maximum absolute atomic E-state index is 11.2. The van der Waals surface area contributed by atoms with Crippen molar-refractivity contribution < 1.29 is 9.90 Å². The van der Waals surface area contributed by atoms with Gasteiger partial charge in [0.25, 0.3) is 0 Å². The van der Waals surface area contributed by atoms with Crippen molar-refractivity contribution in [3.63, 3.8) is 0 Å². The molecule has 2 saturated carbocycles. The Labute approximate surface area is 114 Å². The highest BCUT2D eigenvalue weighted by Gasteiger charge is 2.55. The summed E-state index contributed by atoms with van der Waals surface area (Å²) in [5.41, 5.74) is 1.07. The molecule has 2 fully saturated rings. The van der Waals surface area contributed by atoms with Crippen LogP contribution in [-0.2, 0) is 11.3 Å². The third kappa shape index (κ3) is 2.66. The van der Waals surface area contributed by atoms with Crippen LogP contribution in [0.25, 0.3) is 0 Å². The molecule has 2 aliphatic rings. The lowest BCUT2D eigenvalue weighted by atomic mass is 9.78. The fourth-order valence-electron chi connectivity index (χ4n) is 3.75. The van der Waals surface area contributed by atoms with Crippen molar-refractivity contribution in [2.45, 2.75) is 44.2 Å². The van der Waals surface area contributed by atoms with E-state index in [1.807, 2.05) is 18.2 Å². The molecule has 0 aromatic heterocycles. The van der Waals surface area contributed by atoms with Crippen LogP contribution in [-0.4, -0.2) is 16.6 Å². The third-order valence-corrected chi connectivity index (χ3v) is 4.78. The van der Waals surface area contributed by atoms with Gasteiger partial charge in [0, 0.05) is 12.1 Å². The van der Waals surface area contributed by atoms with E-state index < -0.39 is 5.97 Å². The molecule has 102 valence electrons. The molecule has 0 amide bonds. The van der Waals surface area contributed by atoms with Crippen LogP contribution in [0.2, 0.25) is 0 Å². The standard InChI is InChI=1S/C16H21NO2/c18-15(19)10-16(8-4-7-13-9-14(13)16)17-11-12-5-2-1-3-6-12/h1-3,5-6,13-14,17H,4,7-11H2,(H,18,19). The molecular weight excluding hydrogens is 238 g/mol. The van der Waals surface area contributed by atoms with E-state index in [1.54, 1.807) is 0 Å². The summed E-state index contributed by atoms with van der Waals surface area (Å²) in [6.07, 6.45) is 4.94. The van der Waals surface area contributed by atoms with Crippen molar-refractivity contribution in [2.24, 2.45) is 11.8 Å². The van der Waals surface area contributed by atoms with Crippen LogP contribution in [0.3, 0.4) is 0 Å². The summed E-state index contributed by atoms with van der Waals surface area (Å²) in [4.78, 5) is 11.2. The van der Waals surface area contributed by atoms with Gasteiger partial charge in [0.2, 0.25) is 0 Å². The molecule has 3 unspecified atom stereocenters. The number of hydrogen-bond donors (Lipinski definition) is 2. The zero-order valence-corrected chi connectivity index (χ0v) is 11.1. The topological polar surface area (TPSA) is 49.3 Å². The lowest BCUT2D eigenvalue weighted by Gasteiger charge is -2.37. The van der Waals surface area contributed by atoms with Crippen molar-refractivity contribution in [3.8, 4) is 0 Å². The number of carbonyl (C=O) groups is 1. The molecule has 3 rings (SSSR count). The Kier molecular flexibility index (Phi) is 3.31. The minimum absolute atomic E-state index is 0.162. The molecule has 3 nitrogen and oxygen atoms in total. The minimum Gasteiger partial charge on any atom is -0.481 e. The lowest BCUT2D eigenvalue weighted by molar-refractivity contribution is -0.139. The van der Waals surface area contributed by atoms with Crippen molar-refractivity contribution in [3.05, 3.63) is 35.9 Å². The molecule has 19 heavy (non-hydrogen) atoms. The molecular formula is C16H21NO2. The smallest absolute Gasteiger partial charge is 0.305 e. The van der Waals surface area contributed by atoms with E-state index in [9.17, 15) is 9.90 Å². The van der Waals surface area contributed by atoms with Crippen molar-refractivity contribution in [2.75, 3.05) is 0 Å². The maximum atomic E-state index is 11.2. The van der Waals surface area contributed by atoms with E-state index in [-0.39, 0.29) is 12.0 Å². The number of carboxylic acid groups (broad SMARTS) is 1. The van der Waals surface area contributed by atoms with Gasteiger partial charge >= 0.3 is 5.97 Å². The van der Waals surface area contributed by atoms with Crippen LogP contribution >= 0.6 is 0 Å². The van der Waals surface area contributed by atoms with Gasteiger partial charge in [-0.1, -0.05) is 43.2 Å². The van der Waals surface area contributed by atoms with Crippen molar-refractivity contribution in [1.29, 1.82) is 0 Å². The quantitative estimate of drug-likeness (QED) is 0.855. The summed E-state index contributed by atoms with van der Waals surface area (Å²) in [6.45, 7) is 0.775. The molecule has 0 saturated heterocycles. The van der Waals surface area contributed by atoms with Crippen LogP contribution in [0, 0.1) is 11.8 Å². The average molecular weight is 259 g/mol. The summed E-state index contributed by atoms with van der Waals surface area (Å²) >= 11 is 0. The molecule has 0 spiro atoms. The zero-order valence-electron chi connectivity index (χ0n) is 11.1. The summed E-state index contributed by atoms with van der Waals surface area (Å²) in [6, 6.07) is 10.3. The maximum Gasteiger partial charge on any atom is 0.305 e. The Hall–Kier alpha value is -1.35. The predicted molar refractivity (Wildman–Crippen MR) is 73.7 cm³/mol. The molecule has 2 N–H and O–H groups in total. The Morgan fingerprint density at radius 1 is 1.37 bits per heavy atom. The van der Waals surface area contributed by atoms with Crippen molar-refractivity contribution in [1.82, 2.24) is 5.32 Å². The third-order valence-electron chi connectivity index (χ3n) is 4.78. The van der Waals surface area contributed by atoms with E-state index in [4.69, 9.17) is 0 Å². The highest BCUT2D eigenvalue weighted by molar-refractivity contribution is 5.68. The van der Waals surface area contributed by atoms with Crippen LogP contribution in [0.15, 0.2) is 30.3 Å². The first kappa shape index (κ1) is 12.7.